The zero-order chi connectivity index (χ0) is 13.4. The summed E-state index contributed by atoms with van der Waals surface area (Å²) in [6.07, 6.45) is 2.46. The Morgan fingerprint density at radius 1 is 1.28 bits per heavy atom. The minimum absolute atomic E-state index is 0.628. The highest BCUT2D eigenvalue weighted by molar-refractivity contribution is 5.36. The first-order chi connectivity index (χ1) is 8.67. The van der Waals surface area contributed by atoms with Gasteiger partial charge in [-0.25, -0.2) is 0 Å². The van der Waals surface area contributed by atoms with Crippen molar-refractivity contribution in [3.05, 3.63) is 29.3 Å². The number of hydrogen-bond acceptors (Lipinski definition) is 2. The number of ether oxygens (including phenoxy) is 1. The van der Waals surface area contributed by atoms with Gasteiger partial charge in [0, 0.05) is 12.1 Å². The van der Waals surface area contributed by atoms with Crippen LogP contribution in [0.4, 0.5) is 0 Å². The predicted molar refractivity (Wildman–Crippen MR) is 78.1 cm³/mol. The van der Waals surface area contributed by atoms with E-state index in [4.69, 9.17) is 4.74 Å². The molecule has 0 radical (unpaired) electrons. The lowest BCUT2D eigenvalue weighted by atomic mass is 10.1. The number of rotatable bonds is 8. The Labute approximate surface area is 112 Å². The fourth-order valence-corrected chi connectivity index (χ4v) is 2.06. The van der Waals surface area contributed by atoms with Crippen LogP contribution in [0.25, 0.3) is 0 Å². The lowest BCUT2D eigenvalue weighted by molar-refractivity contribution is 0.249. The number of benzene rings is 1. The second kappa shape index (κ2) is 8.15. The summed E-state index contributed by atoms with van der Waals surface area (Å²) in [6.45, 7) is 11.4. The third-order valence-corrected chi connectivity index (χ3v) is 3.09. The topological polar surface area (TPSA) is 21.3 Å². The molecule has 0 saturated heterocycles. The summed E-state index contributed by atoms with van der Waals surface area (Å²) in [5.41, 5.74) is 2.55. The summed E-state index contributed by atoms with van der Waals surface area (Å²) < 4.78 is 5.96. The molecule has 0 bridgehead atoms. The maximum atomic E-state index is 5.96. The highest BCUT2D eigenvalue weighted by Crippen LogP contribution is 2.21. The van der Waals surface area contributed by atoms with Gasteiger partial charge in [0.1, 0.15) is 5.75 Å². The molecule has 2 heteroatoms. The first-order valence-corrected chi connectivity index (χ1v) is 7.10. The summed E-state index contributed by atoms with van der Waals surface area (Å²) >= 11 is 0. The van der Waals surface area contributed by atoms with E-state index >= 15 is 0 Å². The van der Waals surface area contributed by atoms with E-state index in [0.717, 1.165) is 25.4 Å². The monoisotopic (exact) mass is 249 g/mol. The van der Waals surface area contributed by atoms with Crippen LogP contribution >= 0.6 is 0 Å². The average molecular weight is 249 g/mol. The van der Waals surface area contributed by atoms with Crippen molar-refractivity contribution in [3.63, 3.8) is 0 Å². The lowest BCUT2D eigenvalue weighted by Crippen LogP contribution is -2.14. The Balaban J connectivity index is 2.62. The second-order valence-electron chi connectivity index (χ2n) is 5.10. The van der Waals surface area contributed by atoms with E-state index in [1.807, 2.05) is 0 Å². The molecule has 1 rings (SSSR count). The van der Waals surface area contributed by atoms with E-state index in [0.29, 0.717) is 5.92 Å². The van der Waals surface area contributed by atoms with Crippen molar-refractivity contribution in [1.29, 1.82) is 0 Å². The maximum absolute atomic E-state index is 5.96. The summed E-state index contributed by atoms with van der Waals surface area (Å²) in [7, 11) is 0. The van der Waals surface area contributed by atoms with Gasteiger partial charge in [0.25, 0.3) is 0 Å². The molecule has 0 fully saturated rings. The van der Waals surface area contributed by atoms with Gasteiger partial charge in [0.05, 0.1) is 6.61 Å². The molecule has 0 amide bonds. The molecule has 1 atom stereocenters. The van der Waals surface area contributed by atoms with Crippen molar-refractivity contribution >= 4 is 0 Å². The van der Waals surface area contributed by atoms with Crippen molar-refractivity contribution in [2.75, 3.05) is 13.2 Å². The first-order valence-electron chi connectivity index (χ1n) is 7.10. The van der Waals surface area contributed by atoms with E-state index in [1.165, 1.54) is 24.0 Å². The van der Waals surface area contributed by atoms with E-state index in [1.54, 1.807) is 0 Å². The van der Waals surface area contributed by atoms with Crippen LogP contribution in [-0.2, 0) is 6.54 Å². The number of nitrogens with one attached hydrogen (secondary N) is 1. The zero-order valence-corrected chi connectivity index (χ0v) is 12.3. The quantitative estimate of drug-likeness (QED) is 0.754. The van der Waals surface area contributed by atoms with Gasteiger partial charge in [-0.15, -0.1) is 0 Å². The fraction of sp³-hybridized carbons (Fsp3) is 0.625. The third kappa shape index (κ3) is 5.09. The highest BCUT2D eigenvalue weighted by Gasteiger charge is 2.06. The summed E-state index contributed by atoms with van der Waals surface area (Å²) in [5.74, 6) is 1.66. The van der Waals surface area contributed by atoms with Crippen molar-refractivity contribution in [2.24, 2.45) is 5.92 Å². The third-order valence-electron chi connectivity index (χ3n) is 3.09. The molecule has 0 aliphatic rings. The van der Waals surface area contributed by atoms with Gasteiger partial charge in [-0.2, -0.15) is 0 Å². The van der Waals surface area contributed by atoms with Gasteiger partial charge >= 0.3 is 0 Å². The molecule has 102 valence electrons. The molecule has 0 aliphatic carbocycles. The number of aryl methyl sites for hydroxylation is 1. The molecule has 1 N–H and O–H groups in total. The van der Waals surface area contributed by atoms with Gasteiger partial charge in [0.2, 0.25) is 0 Å². The van der Waals surface area contributed by atoms with Crippen LogP contribution < -0.4 is 10.1 Å². The van der Waals surface area contributed by atoms with E-state index in [-0.39, 0.29) is 0 Å². The molecule has 0 aromatic heterocycles. The van der Waals surface area contributed by atoms with Crippen LogP contribution in [0.2, 0.25) is 0 Å². The van der Waals surface area contributed by atoms with Gasteiger partial charge in [0.15, 0.2) is 0 Å². The van der Waals surface area contributed by atoms with Crippen molar-refractivity contribution in [2.45, 2.75) is 47.1 Å². The Morgan fingerprint density at radius 3 is 2.72 bits per heavy atom. The normalized spacial score (nSPS) is 12.4. The summed E-state index contributed by atoms with van der Waals surface area (Å²) in [6, 6.07) is 6.43. The molecule has 1 aromatic carbocycles. The molecule has 2 nitrogen and oxygen atoms in total. The van der Waals surface area contributed by atoms with Crippen LogP contribution in [0.5, 0.6) is 5.75 Å². The Bertz CT molecular complexity index is 349. The van der Waals surface area contributed by atoms with Gasteiger partial charge < -0.3 is 10.1 Å². The maximum Gasteiger partial charge on any atom is 0.123 e. The molecular formula is C16H27NO. The average Bonchev–Trinajstić information content (AvgIpc) is 2.35. The predicted octanol–water partition coefficient (Wildman–Crippen LogP) is 3.92. The second-order valence-corrected chi connectivity index (χ2v) is 5.10. The minimum atomic E-state index is 0.628. The highest BCUT2D eigenvalue weighted by atomic mass is 16.5. The smallest absolute Gasteiger partial charge is 0.123 e. The molecule has 0 saturated carbocycles. The SMILES string of the molecule is CCCC(C)COc1ccc(C)cc1CNCC. The van der Waals surface area contributed by atoms with Gasteiger partial charge in [-0.05, 0) is 31.9 Å². The Hall–Kier alpha value is -1.02. The van der Waals surface area contributed by atoms with E-state index in [2.05, 4.69) is 51.2 Å². The molecule has 18 heavy (non-hydrogen) atoms. The molecular weight excluding hydrogens is 222 g/mol. The van der Waals surface area contributed by atoms with Crippen LogP contribution in [0.1, 0.15) is 44.7 Å². The van der Waals surface area contributed by atoms with E-state index < -0.39 is 0 Å². The van der Waals surface area contributed by atoms with Crippen LogP contribution in [-0.4, -0.2) is 13.2 Å². The molecule has 1 aromatic rings. The molecule has 0 aliphatic heterocycles. The Kier molecular flexibility index (Phi) is 6.81. The summed E-state index contributed by atoms with van der Waals surface area (Å²) in [4.78, 5) is 0. The standard InChI is InChI=1S/C16H27NO/c1-5-7-14(4)12-18-16-9-8-13(3)10-15(16)11-17-6-2/h8-10,14,17H,5-7,11-12H2,1-4H3. The lowest BCUT2D eigenvalue weighted by Gasteiger charge is -2.16. The van der Waals surface area contributed by atoms with Crippen LogP contribution in [0.15, 0.2) is 18.2 Å². The van der Waals surface area contributed by atoms with E-state index in [9.17, 15) is 0 Å². The van der Waals surface area contributed by atoms with Gasteiger partial charge in [-0.3, -0.25) is 0 Å². The molecule has 0 heterocycles. The minimum Gasteiger partial charge on any atom is -0.493 e. The fourth-order valence-electron chi connectivity index (χ4n) is 2.06. The first kappa shape index (κ1) is 15.0. The van der Waals surface area contributed by atoms with Crippen LogP contribution in [0, 0.1) is 12.8 Å². The van der Waals surface area contributed by atoms with Crippen LogP contribution in [0.3, 0.4) is 0 Å². The number of hydrogen-bond donors (Lipinski definition) is 1. The van der Waals surface area contributed by atoms with Gasteiger partial charge in [-0.1, -0.05) is 44.9 Å². The zero-order valence-electron chi connectivity index (χ0n) is 12.3. The van der Waals surface area contributed by atoms with Crippen molar-refractivity contribution < 1.29 is 4.74 Å². The largest absolute Gasteiger partial charge is 0.493 e. The molecule has 0 spiro atoms. The van der Waals surface area contributed by atoms with Crippen molar-refractivity contribution in [3.8, 4) is 5.75 Å². The molecule has 1 unspecified atom stereocenters. The Morgan fingerprint density at radius 2 is 2.06 bits per heavy atom. The van der Waals surface area contributed by atoms with Crippen molar-refractivity contribution in [1.82, 2.24) is 5.32 Å². The summed E-state index contributed by atoms with van der Waals surface area (Å²) in [5, 5.41) is 3.36.